The molecule has 2 aliphatic carbocycles. The second kappa shape index (κ2) is 7.74. The molecule has 12 heteroatoms. The molecule has 0 amide bonds. The molecule has 4 aliphatic rings. The van der Waals surface area contributed by atoms with Gasteiger partial charge in [0.1, 0.15) is 12.8 Å². The summed E-state index contributed by atoms with van der Waals surface area (Å²) in [6.07, 6.45) is -5.98. The van der Waals surface area contributed by atoms with Gasteiger partial charge in [0.15, 0.2) is 0 Å². The van der Waals surface area contributed by atoms with Gasteiger partial charge in [-0.1, -0.05) is 12.2 Å². The average Bonchev–Trinajstić information content (AvgIpc) is 3.43. The lowest BCUT2D eigenvalue weighted by Gasteiger charge is -2.47. The largest absolute Gasteiger partial charge is 0.458 e. The number of carbonyl (C=O) groups is 1. The van der Waals surface area contributed by atoms with E-state index in [9.17, 15) is 31.1 Å². The summed E-state index contributed by atoms with van der Waals surface area (Å²) in [7, 11) is 0. The van der Waals surface area contributed by atoms with Crippen LogP contribution < -0.4 is 5.32 Å². The van der Waals surface area contributed by atoms with Gasteiger partial charge in [-0.15, -0.1) is 11.8 Å². The van der Waals surface area contributed by atoms with Crippen molar-refractivity contribution in [3.8, 4) is 0 Å². The number of hydrogen-bond acceptors (Lipinski definition) is 6. The van der Waals surface area contributed by atoms with E-state index in [1.54, 1.807) is 11.8 Å². The lowest BCUT2D eigenvalue weighted by Crippen LogP contribution is -2.62. The summed E-state index contributed by atoms with van der Waals surface area (Å²) in [6, 6.07) is 0.727. The van der Waals surface area contributed by atoms with Crippen molar-refractivity contribution >= 4 is 23.3 Å². The van der Waals surface area contributed by atoms with Gasteiger partial charge in [-0.25, -0.2) is 4.79 Å². The molecule has 2 aliphatic heterocycles. The van der Waals surface area contributed by atoms with Crippen LogP contribution in [0, 0.1) is 11.8 Å². The molecule has 6 unspecified atom stereocenters. The molecule has 1 saturated carbocycles. The fourth-order valence-corrected chi connectivity index (χ4v) is 6.28. The predicted molar refractivity (Wildman–Crippen MR) is 107 cm³/mol. The minimum Gasteiger partial charge on any atom is -0.458 e. The highest BCUT2D eigenvalue weighted by Crippen LogP contribution is 2.55. The van der Waals surface area contributed by atoms with Gasteiger partial charge in [0.05, 0.1) is 34.4 Å². The second-order valence-corrected chi connectivity index (χ2v) is 9.63. The lowest BCUT2D eigenvalue weighted by atomic mass is 9.81. The van der Waals surface area contributed by atoms with E-state index in [2.05, 4.69) is 16.4 Å². The van der Waals surface area contributed by atoms with E-state index < -0.39 is 46.8 Å². The van der Waals surface area contributed by atoms with Gasteiger partial charge < -0.3 is 9.47 Å². The monoisotopic (exact) mass is 492 g/mol. The highest BCUT2D eigenvalue weighted by molar-refractivity contribution is 8.12. The predicted octanol–water partition coefficient (Wildman–Crippen LogP) is 4.28. The van der Waals surface area contributed by atoms with Crippen LogP contribution in [0.2, 0.25) is 0 Å². The molecule has 178 valence electrons. The molecule has 2 heterocycles. The topological polar surface area (TPSA) is 59.9 Å². The third-order valence-electron chi connectivity index (χ3n) is 6.52. The quantitative estimate of drug-likeness (QED) is 0.386. The summed E-state index contributed by atoms with van der Waals surface area (Å²) in [5.74, 6) is -0.899. The Morgan fingerprint density at radius 1 is 1.18 bits per heavy atom. The van der Waals surface area contributed by atoms with Gasteiger partial charge in [-0.2, -0.15) is 26.3 Å². The molecule has 5 nitrogen and oxygen atoms in total. The highest BCUT2D eigenvalue weighted by Gasteiger charge is 2.62. The Balaban J connectivity index is 1.29. The summed E-state index contributed by atoms with van der Waals surface area (Å²) < 4.78 is 89.6. The minimum atomic E-state index is -5.05. The lowest BCUT2D eigenvalue weighted by molar-refractivity contribution is -0.148. The molecule has 1 spiro atoms. The summed E-state index contributed by atoms with van der Waals surface area (Å²) in [5.41, 5.74) is -2.71. The molecular weight excluding hydrogens is 474 g/mol. The van der Waals surface area contributed by atoms with Crippen LogP contribution in [0.1, 0.15) is 27.9 Å². The van der Waals surface area contributed by atoms with E-state index in [1.165, 1.54) is 0 Å². The van der Waals surface area contributed by atoms with E-state index in [4.69, 9.17) is 9.47 Å². The third-order valence-corrected chi connectivity index (χ3v) is 7.58. The van der Waals surface area contributed by atoms with Gasteiger partial charge in [0, 0.05) is 17.2 Å². The Kier molecular flexibility index (Phi) is 5.33. The van der Waals surface area contributed by atoms with Crippen molar-refractivity contribution in [1.29, 1.82) is 0 Å². The number of halogens is 6. The molecular formula is C21H18F6N2O3S. The molecule has 5 rings (SSSR count). The maximum atomic E-state index is 13.1. The van der Waals surface area contributed by atoms with Crippen molar-refractivity contribution in [2.24, 2.45) is 16.8 Å². The van der Waals surface area contributed by atoms with E-state index in [-0.39, 0.29) is 35.8 Å². The normalized spacial score (nSPS) is 34.8. The molecule has 1 aromatic rings. The van der Waals surface area contributed by atoms with E-state index in [0.717, 1.165) is 6.42 Å². The van der Waals surface area contributed by atoms with Gasteiger partial charge >= 0.3 is 18.3 Å². The number of alkyl halides is 6. The zero-order valence-corrected chi connectivity index (χ0v) is 17.6. The van der Waals surface area contributed by atoms with Crippen LogP contribution in [0.5, 0.6) is 0 Å². The zero-order valence-electron chi connectivity index (χ0n) is 16.8. The summed E-state index contributed by atoms with van der Waals surface area (Å²) in [6.45, 7) is 0.326. The molecule has 1 aromatic carbocycles. The standard InChI is InChI=1S/C21H18F6N2O3S/c22-20(23,24)12-3-11(4-13(5-12)21(25,26)27)18(30)31-8-15-29-17-10-1-2-19(6-10,32-15)16(17)14-7-28-9-33-14/h1-5,9-10,14-17,29H,6-8H2. The maximum absolute atomic E-state index is 13.1. The van der Waals surface area contributed by atoms with Crippen molar-refractivity contribution in [1.82, 2.24) is 5.32 Å². The van der Waals surface area contributed by atoms with Crippen molar-refractivity contribution in [2.45, 2.75) is 41.9 Å². The van der Waals surface area contributed by atoms with Crippen LogP contribution in [-0.2, 0) is 21.8 Å². The van der Waals surface area contributed by atoms with Crippen LogP contribution >= 0.6 is 11.8 Å². The Morgan fingerprint density at radius 2 is 1.88 bits per heavy atom. The van der Waals surface area contributed by atoms with Crippen molar-refractivity contribution in [3.63, 3.8) is 0 Å². The van der Waals surface area contributed by atoms with E-state index >= 15 is 0 Å². The van der Waals surface area contributed by atoms with Crippen LogP contribution in [0.4, 0.5) is 26.3 Å². The number of esters is 1. The fourth-order valence-electron chi connectivity index (χ4n) is 5.21. The van der Waals surface area contributed by atoms with Crippen LogP contribution in [0.25, 0.3) is 0 Å². The molecule has 3 bridgehead atoms. The molecule has 33 heavy (non-hydrogen) atoms. The number of rotatable bonds is 4. The molecule has 2 fully saturated rings. The van der Waals surface area contributed by atoms with Gasteiger partial charge in [0.25, 0.3) is 0 Å². The van der Waals surface area contributed by atoms with E-state index in [1.807, 2.05) is 11.6 Å². The second-order valence-electron chi connectivity index (χ2n) is 8.54. The Hall–Kier alpha value is -2.05. The highest BCUT2D eigenvalue weighted by atomic mass is 32.2. The fraction of sp³-hybridized carbons (Fsp3) is 0.524. The zero-order chi connectivity index (χ0) is 23.6. The van der Waals surface area contributed by atoms with Crippen molar-refractivity contribution < 1.29 is 40.6 Å². The molecule has 0 radical (unpaired) electrons. The minimum absolute atomic E-state index is 0.0343. The Bertz CT molecular complexity index is 986. The number of nitrogens with one attached hydrogen (secondary N) is 1. The van der Waals surface area contributed by atoms with Gasteiger partial charge in [-0.3, -0.25) is 10.3 Å². The first kappa shape index (κ1) is 22.7. The number of nitrogens with zero attached hydrogens (tertiary/aromatic N) is 1. The SMILES string of the molecule is O=C(OCC1NC2C3C=CC(C3)(O1)C2C1CN=CS1)c1cc(C(F)(F)F)cc(C(F)(F)F)c1. The third kappa shape index (κ3) is 4.06. The molecule has 1 N–H and O–H groups in total. The first-order valence-corrected chi connectivity index (χ1v) is 11.1. The van der Waals surface area contributed by atoms with Gasteiger partial charge in [0.2, 0.25) is 0 Å². The van der Waals surface area contributed by atoms with Gasteiger partial charge in [-0.05, 0) is 30.5 Å². The number of thioether (sulfide) groups is 1. The average molecular weight is 492 g/mol. The van der Waals surface area contributed by atoms with E-state index in [0.29, 0.717) is 18.7 Å². The number of hydrogen-bond donors (Lipinski definition) is 1. The number of fused-ring (bicyclic) bond motifs is 3. The maximum Gasteiger partial charge on any atom is 0.416 e. The smallest absolute Gasteiger partial charge is 0.416 e. The summed E-state index contributed by atoms with van der Waals surface area (Å²) >= 11 is 1.64. The Labute approximate surface area is 188 Å². The summed E-state index contributed by atoms with van der Waals surface area (Å²) in [4.78, 5) is 16.7. The first-order valence-electron chi connectivity index (χ1n) is 10.2. The van der Waals surface area contributed by atoms with Crippen LogP contribution in [0.15, 0.2) is 35.3 Å². The number of benzene rings is 1. The molecule has 6 atom stereocenters. The van der Waals surface area contributed by atoms with Crippen molar-refractivity contribution in [2.75, 3.05) is 13.2 Å². The molecule has 1 saturated heterocycles. The molecule has 0 aromatic heterocycles. The first-order chi connectivity index (χ1) is 15.5. The Morgan fingerprint density at radius 3 is 2.45 bits per heavy atom. The number of ether oxygens (including phenoxy) is 2. The van der Waals surface area contributed by atoms with Crippen molar-refractivity contribution in [3.05, 3.63) is 47.0 Å². The number of aliphatic imine (C=N–C) groups is 1. The van der Waals surface area contributed by atoms with Crippen LogP contribution in [-0.4, -0.2) is 47.8 Å². The van der Waals surface area contributed by atoms with Crippen LogP contribution in [0.3, 0.4) is 0 Å². The summed E-state index contributed by atoms with van der Waals surface area (Å²) in [5, 5.41) is 3.54. The number of carbonyl (C=O) groups excluding carboxylic acids is 1.